The molecule has 0 unspecified atom stereocenters. The van der Waals surface area contributed by atoms with Crippen LogP contribution in [0.4, 0.5) is 9.18 Å². The molecule has 2 atom stereocenters. The lowest BCUT2D eigenvalue weighted by atomic mass is 9.88. The van der Waals surface area contributed by atoms with Gasteiger partial charge in [-0.05, 0) is 48.6 Å². The van der Waals surface area contributed by atoms with E-state index in [1.165, 1.54) is 12.1 Å². The normalized spacial score (nSPS) is 18.7. The van der Waals surface area contributed by atoms with Gasteiger partial charge in [-0.25, -0.2) is 9.18 Å². The molecule has 0 saturated carbocycles. The number of unbranched alkanes of at least 4 members (excludes halogenated alkanes) is 1. The quantitative estimate of drug-likeness (QED) is 0.680. The van der Waals surface area contributed by atoms with Crippen LogP contribution in [-0.4, -0.2) is 34.9 Å². The summed E-state index contributed by atoms with van der Waals surface area (Å²) in [6.07, 6.45) is 6.62. The molecule has 6 nitrogen and oxygen atoms in total. The Bertz CT molecular complexity index is 829. The van der Waals surface area contributed by atoms with Gasteiger partial charge in [-0.15, -0.1) is 0 Å². The fourth-order valence-electron chi connectivity index (χ4n) is 3.75. The number of carbonyl (C=O) groups is 2. The minimum Gasteiger partial charge on any atom is -0.352 e. The fourth-order valence-corrected chi connectivity index (χ4v) is 3.75. The van der Waals surface area contributed by atoms with Crippen molar-refractivity contribution in [3.8, 4) is 0 Å². The minimum atomic E-state index is -0.304. The molecular formula is C23H29FN4O2. The van der Waals surface area contributed by atoms with Crippen molar-refractivity contribution < 1.29 is 14.0 Å². The van der Waals surface area contributed by atoms with E-state index in [-0.39, 0.29) is 29.7 Å². The number of rotatable bonds is 7. The Labute approximate surface area is 176 Å². The van der Waals surface area contributed by atoms with Crippen molar-refractivity contribution in [3.05, 3.63) is 65.7 Å². The van der Waals surface area contributed by atoms with Gasteiger partial charge in [0.05, 0.1) is 12.0 Å². The molecule has 0 bridgehead atoms. The summed E-state index contributed by atoms with van der Waals surface area (Å²) in [5.41, 5.74) is 1.82. The second kappa shape index (κ2) is 10.7. The minimum absolute atomic E-state index is 0.0669. The van der Waals surface area contributed by atoms with E-state index in [0.717, 1.165) is 24.0 Å². The van der Waals surface area contributed by atoms with E-state index in [2.05, 4.69) is 22.5 Å². The number of nitrogens with one attached hydrogen (secondary N) is 2. The summed E-state index contributed by atoms with van der Waals surface area (Å²) in [5.74, 6) is -0.653. The van der Waals surface area contributed by atoms with Gasteiger partial charge in [0, 0.05) is 32.0 Å². The van der Waals surface area contributed by atoms with Gasteiger partial charge in [0.25, 0.3) is 0 Å². The van der Waals surface area contributed by atoms with Crippen LogP contribution in [0.2, 0.25) is 0 Å². The van der Waals surface area contributed by atoms with E-state index in [4.69, 9.17) is 0 Å². The Morgan fingerprint density at radius 1 is 1.17 bits per heavy atom. The number of nitrogens with zero attached hydrogens (tertiary/aromatic N) is 2. The smallest absolute Gasteiger partial charge is 0.317 e. The van der Waals surface area contributed by atoms with Gasteiger partial charge >= 0.3 is 6.03 Å². The molecule has 0 spiro atoms. The molecule has 1 fully saturated rings. The highest BCUT2D eigenvalue weighted by atomic mass is 19.1. The van der Waals surface area contributed by atoms with Crippen molar-refractivity contribution in [2.24, 2.45) is 5.92 Å². The van der Waals surface area contributed by atoms with E-state index < -0.39 is 0 Å². The van der Waals surface area contributed by atoms with Gasteiger partial charge in [0.1, 0.15) is 5.82 Å². The molecule has 30 heavy (non-hydrogen) atoms. The number of likely N-dealkylation sites (tertiary alicyclic amines) is 1. The lowest BCUT2D eigenvalue weighted by Gasteiger charge is -2.39. The number of pyridine rings is 1. The number of hydrogen-bond donors (Lipinski definition) is 2. The average molecular weight is 413 g/mol. The Balaban J connectivity index is 1.67. The van der Waals surface area contributed by atoms with Crippen LogP contribution in [0.5, 0.6) is 0 Å². The number of aromatic nitrogens is 1. The zero-order valence-corrected chi connectivity index (χ0v) is 17.3. The second-order valence-electron chi connectivity index (χ2n) is 7.66. The number of benzene rings is 1. The molecule has 0 radical (unpaired) electrons. The maximum Gasteiger partial charge on any atom is 0.317 e. The lowest BCUT2D eigenvalue weighted by molar-refractivity contribution is -0.126. The first-order chi connectivity index (χ1) is 14.6. The van der Waals surface area contributed by atoms with Crippen LogP contribution in [0.1, 0.15) is 49.8 Å². The lowest BCUT2D eigenvalue weighted by Crippen LogP contribution is -2.50. The monoisotopic (exact) mass is 412 g/mol. The molecule has 160 valence electrons. The predicted molar refractivity (Wildman–Crippen MR) is 113 cm³/mol. The van der Waals surface area contributed by atoms with Crippen molar-refractivity contribution in [2.75, 3.05) is 13.1 Å². The number of piperidine rings is 1. The molecule has 1 aromatic heterocycles. The van der Waals surface area contributed by atoms with E-state index in [9.17, 15) is 14.0 Å². The fraction of sp³-hybridized carbons (Fsp3) is 0.435. The van der Waals surface area contributed by atoms with Crippen molar-refractivity contribution in [1.29, 1.82) is 0 Å². The van der Waals surface area contributed by atoms with Gasteiger partial charge in [0.2, 0.25) is 5.91 Å². The summed E-state index contributed by atoms with van der Waals surface area (Å²) in [6, 6.07) is 9.65. The van der Waals surface area contributed by atoms with Gasteiger partial charge in [0.15, 0.2) is 0 Å². The van der Waals surface area contributed by atoms with E-state index in [1.54, 1.807) is 29.4 Å². The maximum atomic E-state index is 13.4. The Morgan fingerprint density at radius 3 is 2.67 bits per heavy atom. The second-order valence-corrected chi connectivity index (χ2v) is 7.66. The zero-order chi connectivity index (χ0) is 21.3. The van der Waals surface area contributed by atoms with E-state index >= 15 is 0 Å². The third-order valence-electron chi connectivity index (χ3n) is 5.46. The Kier molecular flexibility index (Phi) is 7.76. The zero-order valence-electron chi connectivity index (χ0n) is 17.3. The van der Waals surface area contributed by atoms with Crippen molar-refractivity contribution in [1.82, 2.24) is 20.5 Å². The average Bonchev–Trinajstić information content (AvgIpc) is 2.78. The molecule has 0 aliphatic carbocycles. The van der Waals surface area contributed by atoms with Crippen LogP contribution in [0, 0.1) is 11.7 Å². The van der Waals surface area contributed by atoms with Crippen LogP contribution in [0.25, 0.3) is 0 Å². The molecule has 2 aromatic rings. The van der Waals surface area contributed by atoms with Gasteiger partial charge in [-0.2, -0.15) is 0 Å². The molecule has 1 aliphatic rings. The first kappa shape index (κ1) is 21.7. The molecule has 1 saturated heterocycles. The van der Waals surface area contributed by atoms with Gasteiger partial charge in [-0.1, -0.05) is 31.5 Å². The highest BCUT2D eigenvalue weighted by Crippen LogP contribution is 2.33. The van der Waals surface area contributed by atoms with Crippen LogP contribution in [0.15, 0.2) is 48.8 Å². The van der Waals surface area contributed by atoms with Crippen LogP contribution in [0.3, 0.4) is 0 Å². The Hall–Kier alpha value is -2.96. The Morgan fingerprint density at radius 2 is 1.97 bits per heavy atom. The summed E-state index contributed by atoms with van der Waals surface area (Å²) in [5, 5.41) is 5.91. The molecule has 3 rings (SSSR count). The molecule has 2 heterocycles. The summed E-state index contributed by atoms with van der Waals surface area (Å²) in [4.78, 5) is 31.4. The van der Waals surface area contributed by atoms with Crippen molar-refractivity contribution in [2.45, 2.75) is 45.2 Å². The summed E-state index contributed by atoms with van der Waals surface area (Å²) in [7, 11) is 0. The molecular weight excluding hydrogens is 383 g/mol. The molecule has 1 aromatic carbocycles. The third kappa shape index (κ3) is 5.78. The molecule has 3 amide bonds. The molecule has 1 aliphatic heterocycles. The molecule has 7 heteroatoms. The van der Waals surface area contributed by atoms with Crippen LogP contribution >= 0.6 is 0 Å². The first-order valence-electron chi connectivity index (χ1n) is 10.5. The third-order valence-corrected chi connectivity index (χ3v) is 5.46. The summed E-state index contributed by atoms with van der Waals surface area (Å²) in [6.45, 7) is 3.41. The number of carbonyl (C=O) groups excluding carboxylic acids is 2. The summed E-state index contributed by atoms with van der Waals surface area (Å²) >= 11 is 0. The predicted octanol–water partition coefficient (Wildman–Crippen LogP) is 3.80. The van der Waals surface area contributed by atoms with Crippen LogP contribution < -0.4 is 10.6 Å². The van der Waals surface area contributed by atoms with E-state index in [1.807, 2.05) is 12.1 Å². The molecule has 2 N–H and O–H groups in total. The number of urea groups is 1. The largest absolute Gasteiger partial charge is 0.352 e. The van der Waals surface area contributed by atoms with E-state index in [0.29, 0.717) is 32.5 Å². The van der Waals surface area contributed by atoms with Gasteiger partial charge < -0.3 is 15.5 Å². The van der Waals surface area contributed by atoms with Gasteiger partial charge in [-0.3, -0.25) is 9.78 Å². The highest BCUT2D eigenvalue weighted by Gasteiger charge is 2.35. The highest BCUT2D eigenvalue weighted by molar-refractivity contribution is 5.81. The maximum absolute atomic E-state index is 13.4. The van der Waals surface area contributed by atoms with Crippen LogP contribution in [-0.2, 0) is 11.3 Å². The standard InChI is InChI=1S/C23H29FN4O2/c1-2-3-13-26-23(30)28-16-19(22(29)27-15-17-5-4-12-25-14-17)8-11-21(28)18-6-9-20(24)10-7-18/h4-7,9-10,12,14,19,21H,2-3,8,11,13,15-16H2,1H3,(H,26,30)(H,27,29)/t19-,21+/m1/s1. The number of amides is 3. The van der Waals surface area contributed by atoms with Crippen molar-refractivity contribution in [3.63, 3.8) is 0 Å². The number of halogens is 1. The number of hydrogen-bond acceptors (Lipinski definition) is 3. The first-order valence-corrected chi connectivity index (χ1v) is 10.5. The SMILES string of the molecule is CCCCNC(=O)N1C[C@H](C(=O)NCc2cccnc2)CC[C@H]1c1ccc(F)cc1. The topological polar surface area (TPSA) is 74.3 Å². The van der Waals surface area contributed by atoms with Crippen molar-refractivity contribution >= 4 is 11.9 Å². The summed E-state index contributed by atoms with van der Waals surface area (Å²) < 4.78 is 13.4.